The van der Waals surface area contributed by atoms with Crippen LogP contribution in [0, 0.1) is 6.92 Å². The number of likely N-dealkylation sites (tertiary alicyclic amines) is 1. The number of piperidine rings is 1. The Bertz CT molecular complexity index is 962. The second kappa shape index (κ2) is 9.35. The van der Waals surface area contributed by atoms with E-state index in [2.05, 4.69) is 41.0 Å². The highest BCUT2D eigenvalue weighted by Gasteiger charge is 2.38. The van der Waals surface area contributed by atoms with E-state index >= 15 is 0 Å². The third-order valence-electron chi connectivity index (χ3n) is 6.80. The van der Waals surface area contributed by atoms with Crippen molar-refractivity contribution in [2.24, 2.45) is 0 Å². The number of carbonyl (C=O) groups excluding carboxylic acids is 1. The maximum atomic E-state index is 13.0. The number of benzene rings is 2. The summed E-state index contributed by atoms with van der Waals surface area (Å²) in [7, 11) is 0. The van der Waals surface area contributed by atoms with Crippen molar-refractivity contribution in [3.8, 4) is 0 Å². The average Bonchev–Trinajstić information content (AvgIpc) is 2.80. The number of rotatable bonds is 4. The molecule has 5 nitrogen and oxygen atoms in total. The Labute approximate surface area is 192 Å². The van der Waals surface area contributed by atoms with Gasteiger partial charge in [0.2, 0.25) is 5.91 Å². The summed E-state index contributed by atoms with van der Waals surface area (Å²) in [6, 6.07) is 13.3. The lowest BCUT2D eigenvalue weighted by Crippen LogP contribution is -2.52. The van der Waals surface area contributed by atoms with E-state index in [9.17, 15) is 23.1 Å². The molecule has 0 saturated carbocycles. The first kappa shape index (κ1) is 23.6. The van der Waals surface area contributed by atoms with E-state index in [1.54, 1.807) is 4.90 Å². The van der Waals surface area contributed by atoms with Crippen molar-refractivity contribution >= 4 is 11.6 Å². The SMILES string of the molecule is Cc1ccc(N2CCN(CC(=O)N3CCC(O)(c4cccc(C(F)(F)F)c4)CC3)CC2)cc1. The van der Waals surface area contributed by atoms with Crippen LogP contribution in [-0.2, 0) is 16.6 Å². The molecule has 1 N–H and O–H groups in total. The van der Waals surface area contributed by atoms with Crippen molar-refractivity contribution < 1.29 is 23.1 Å². The van der Waals surface area contributed by atoms with Crippen molar-refractivity contribution in [2.45, 2.75) is 31.5 Å². The average molecular weight is 462 g/mol. The smallest absolute Gasteiger partial charge is 0.385 e. The Hall–Kier alpha value is -2.58. The number of halogens is 3. The van der Waals surface area contributed by atoms with Crippen LogP contribution in [0.1, 0.15) is 29.5 Å². The molecule has 2 heterocycles. The van der Waals surface area contributed by atoms with Crippen LogP contribution in [0.2, 0.25) is 0 Å². The van der Waals surface area contributed by atoms with Gasteiger partial charge in [-0.15, -0.1) is 0 Å². The Morgan fingerprint density at radius 1 is 0.970 bits per heavy atom. The molecule has 4 rings (SSSR count). The maximum absolute atomic E-state index is 13.0. The second-order valence-electron chi connectivity index (χ2n) is 9.09. The fourth-order valence-corrected chi connectivity index (χ4v) is 4.61. The summed E-state index contributed by atoms with van der Waals surface area (Å²) in [6.45, 7) is 6.34. The van der Waals surface area contributed by atoms with Gasteiger partial charge < -0.3 is 14.9 Å². The van der Waals surface area contributed by atoms with Gasteiger partial charge >= 0.3 is 6.18 Å². The molecule has 2 aromatic rings. The normalized spacial score (nSPS) is 19.5. The van der Waals surface area contributed by atoms with E-state index in [1.165, 1.54) is 23.4 Å². The minimum atomic E-state index is -4.45. The van der Waals surface area contributed by atoms with Crippen LogP contribution < -0.4 is 4.90 Å². The lowest BCUT2D eigenvalue weighted by atomic mass is 9.83. The van der Waals surface area contributed by atoms with Crippen LogP contribution in [0.15, 0.2) is 48.5 Å². The zero-order valence-corrected chi connectivity index (χ0v) is 18.8. The topological polar surface area (TPSA) is 47.0 Å². The molecule has 178 valence electrons. The van der Waals surface area contributed by atoms with Crippen LogP contribution in [0.4, 0.5) is 18.9 Å². The van der Waals surface area contributed by atoms with E-state index in [1.807, 2.05) is 0 Å². The zero-order valence-electron chi connectivity index (χ0n) is 18.8. The molecule has 8 heteroatoms. The van der Waals surface area contributed by atoms with E-state index < -0.39 is 17.3 Å². The number of hydrogen-bond acceptors (Lipinski definition) is 4. The summed E-state index contributed by atoms with van der Waals surface area (Å²) >= 11 is 0. The summed E-state index contributed by atoms with van der Waals surface area (Å²) in [5.74, 6) is 0.00452. The molecule has 2 aliphatic heterocycles. The van der Waals surface area contributed by atoms with E-state index in [-0.39, 0.29) is 24.3 Å². The van der Waals surface area contributed by atoms with Crippen LogP contribution in [0.3, 0.4) is 0 Å². The van der Waals surface area contributed by atoms with Gasteiger partial charge in [0.1, 0.15) is 0 Å². The Balaban J connectivity index is 1.28. The molecule has 0 unspecified atom stereocenters. The fourth-order valence-electron chi connectivity index (χ4n) is 4.61. The highest BCUT2D eigenvalue weighted by Crippen LogP contribution is 2.36. The van der Waals surface area contributed by atoms with Crippen LogP contribution in [0.5, 0.6) is 0 Å². The van der Waals surface area contributed by atoms with E-state index in [0.29, 0.717) is 19.6 Å². The van der Waals surface area contributed by atoms with Gasteiger partial charge in [-0.25, -0.2) is 0 Å². The van der Waals surface area contributed by atoms with Crippen molar-refractivity contribution in [1.29, 1.82) is 0 Å². The molecule has 2 fully saturated rings. The number of carbonyl (C=O) groups is 1. The molecule has 33 heavy (non-hydrogen) atoms. The number of anilines is 1. The van der Waals surface area contributed by atoms with Crippen molar-refractivity contribution in [2.75, 3.05) is 50.7 Å². The Morgan fingerprint density at radius 2 is 1.61 bits per heavy atom. The molecule has 0 radical (unpaired) electrons. The highest BCUT2D eigenvalue weighted by molar-refractivity contribution is 5.78. The first-order valence-electron chi connectivity index (χ1n) is 11.4. The number of nitrogens with zero attached hydrogens (tertiary/aromatic N) is 3. The first-order chi connectivity index (χ1) is 15.6. The van der Waals surface area contributed by atoms with Crippen molar-refractivity contribution in [1.82, 2.24) is 9.80 Å². The minimum absolute atomic E-state index is 0.00452. The predicted octanol–water partition coefficient (Wildman–Crippen LogP) is 3.65. The van der Waals surface area contributed by atoms with Gasteiger partial charge in [-0.05, 0) is 49.6 Å². The first-order valence-corrected chi connectivity index (χ1v) is 11.4. The van der Waals surface area contributed by atoms with Gasteiger partial charge in [0.25, 0.3) is 0 Å². The third kappa shape index (κ3) is 5.50. The summed E-state index contributed by atoms with van der Waals surface area (Å²) in [6.07, 6.45) is -4.00. The lowest BCUT2D eigenvalue weighted by Gasteiger charge is -2.40. The Morgan fingerprint density at radius 3 is 2.21 bits per heavy atom. The molecule has 0 aromatic heterocycles. The van der Waals surface area contributed by atoms with Crippen LogP contribution in [0.25, 0.3) is 0 Å². The molecule has 2 aliphatic rings. The van der Waals surface area contributed by atoms with Crippen LogP contribution in [-0.4, -0.2) is 66.6 Å². The standard InChI is InChI=1S/C25H30F3N3O2/c1-19-5-7-22(8-6-19)30-15-13-29(14-16-30)18-23(32)31-11-9-24(33,10-12-31)20-3-2-4-21(17-20)25(26,27)28/h2-8,17,33H,9-16,18H2,1H3. The van der Waals surface area contributed by atoms with Gasteiger partial charge in [0.05, 0.1) is 17.7 Å². The summed E-state index contributed by atoms with van der Waals surface area (Å²) in [5, 5.41) is 11.0. The molecule has 0 spiro atoms. The Kier molecular flexibility index (Phi) is 6.68. The van der Waals surface area contributed by atoms with Crippen molar-refractivity contribution in [3.63, 3.8) is 0 Å². The second-order valence-corrected chi connectivity index (χ2v) is 9.09. The quantitative estimate of drug-likeness (QED) is 0.755. The molecule has 0 aliphatic carbocycles. The molecular formula is C25H30F3N3O2. The van der Waals surface area contributed by atoms with Crippen molar-refractivity contribution in [3.05, 3.63) is 65.2 Å². The number of hydrogen-bond donors (Lipinski definition) is 1. The summed E-state index contributed by atoms with van der Waals surface area (Å²) in [4.78, 5) is 19.0. The lowest BCUT2D eigenvalue weighted by molar-refractivity contribution is -0.137. The number of aliphatic hydroxyl groups is 1. The number of piperazine rings is 1. The van der Waals surface area contributed by atoms with E-state index in [4.69, 9.17) is 0 Å². The summed E-state index contributed by atoms with van der Waals surface area (Å²) < 4.78 is 39.1. The highest BCUT2D eigenvalue weighted by atomic mass is 19.4. The fraction of sp³-hybridized carbons (Fsp3) is 0.480. The number of aryl methyl sites for hydroxylation is 1. The van der Waals surface area contributed by atoms with Gasteiger partial charge in [0, 0.05) is 45.0 Å². The predicted molar refractivity (Wildman–Crippen MR) is 121 cm³/mol. The zero-order chi connectivity index (χ0) is 23.6. The molecule has 2 saturated heterocycles. The monoisotopic (exact) mass is 461 g/mol. The molecule has 0 atom stereocenters. The molecule has 0 bridgehead atoms. The van der Waals surface area contributed by atoms with Gasteiger partial charge in [0.15, 0.2) is 0 Å². The minimum Gasteiger partial charge on any atom is -0.385 e. The summed E-state index contributed by atoms with van der Waals surface area (Å²) in [5.41, 5.74) is 0.562. The maximum Gasteiger partial charge on any atom is 0.416 e. The largest absolute Gasteiger partial charge is 0.416 e. The number of alkyl halides is 3. The van der Waals surface area contributed by atoms with E-state index in [0.717, 1.165) is 38.3 Å². The third-order valence-corrected chi connectivity index (χ3v) is 6.80. The number of amides is 1. The van der Waals surface area contributed by atoms with Gasteiger partial charge in [-0.3, -0.25) is 9.69 Å². The molecule has 2 aromatic carbocycles. The molecule has 1 amide bonds. The van der Waals surface area contributed by atoms with Crippen LogP contribution >= 0.6 is 0 Å². The van der Waals surface area contributed by atoms with Gasteiger partial charge in [-0.1, -0.05) is 29.8 Å². The molecular weight excluding hydrogens is 431 g/mol. The van der Waals surface area contributed by atoms with Gasteiger partial charge in [-0.2, -0.15) is 13.2 Å².